The smallest absolute Gasteiger partial charge is 0.350 e. The lowest BCUT2D eigenvalue weighted by Crippen LogP contribution is -2.29. The number of aryl methyl sites for hydroxylation is 1. The standard InChI is InChI=1S/C28H26N2O9S/c1-5-37-17-8-6-15(12-19(17)35-3)22-21(23(31)16-7-9-18-20(13-16)39-11-10-38-18)24(32)26(33)30(22)28-29-14(2)25(40-28)27(34)36-4/h6-9,12-13,22,31H,5,10-11H2,1-4H3. The van der Waals surface area contributed by atoms with Crippen LogP contribution in [0.4, 0.5) is 5.13 Å². The van der Waals surface area contributed by atoms with Gasteiger partial charge in [0.15, 0.2) is 28.1 Å². The van der Waals surface area contributed by atoms with E-state index in [1.807, 2.05) is 6.92 Å². The first kappa shape index (κ1) is 27.0. The summed E-state index contributed by atoms with van der Waals surface area (Å²) in [5.41, 5.74) is 0.880. The van der Waals surface area contributed by atoms with Crippen LogP contribution in [0.2, 0.25) is 0 Å². The molecule has 208 valence electrons. The van der Waals surface area contributed by atoms with Crippen molar-refractivity contribution in [2.75, 3.05) is 38.9 Å². The van der Waals surface area contributed by atoms with E-state index in [-0.39, 0.29) is 21.1 Å². The van der Waals surface area contributed by atoms with Crippen molar-refractivity contribution in [3.63, 3.8) is 0 Å². The number of hydrogen-bond acceptors (Lipinski definition) is 11. The van der Waals surface area contributed by atoms with Gasteiger partial charge in [-0.15, -0.1) is 0 Å². The largest absolute Gasteiger partial charge is 0.507 e. The Morgan fingerprint density at radius 1 is 1.10 bits per heavy atom. The van der Waals surface area contributed by atoms with Gasteiger partial charge < -0.3 is 28.8 Å². The van der Waals surface area contributed by atoms with Crippen molar-refractivity contribution in [1.29, 1.82) is 0 Å². The maximum absolute atomic E-state index is 13.5. The van der Waals surface area contributed by atoms with Crippen LogP contribution in [0.25, 0.3) is 5.76 Å². The molecule has 1 aromatic heterocycles. The molecule has 3 heterocycles. The summed E-state index contributed by atoms with van der Waals surface area (Å²) in [4.78, 5) is 45.1. The zero-order valence-electron chi connectivity index (χ0n) is 22.2. The number of thiazole rings is 1. The van der Waals surface area contributed by atoms with Gasteiger partial charge in [-0.1, -0.05) is 17.4 Å². The van der Waals surface area contributed by atoms with Crippen LogP contribution < -0.4 is 23.8 Å². The fraction of sp³-hybridized carbons (Fsp3) is 0.286. The first-order chi connectivity index (χ1) is 19.3. The minimum Gasteiger partial charge on any atom is -0.507 e. The molecule has 5 rings (SSSR count). The molecule has 1 unspecified atom stereocenters. The van der Waals surface area contributed by atoms with E-state index in [1.54, 1.807) is 43.3 Å². The number of aliphatic hydroxyl groups is 1. The van der Waals surface area contributed by atoms with E-state index in [1.165, 1.54) is 19.1 Å². The number of aromatic nitrogens is 1. The van der Waals surface area contributed by atoms with Gasteiger partial charge in [0.05, 0.1) is 38.1 Å². The average molecular weight is 567 g/mol. The van der Waals surface area contributed by atoms with Crippen LogP contribution >= 0.6 is 11.3 Å². The van der Waals surface area contributed by atoms with E-state index in [4.69, 9.17) is 23.7 Å². The summed E-state index contributed by atoms with van der Waals surface area (Å²) in [5, 5.41) is 11.6. The van der Waals surface area contributed by atoms with Gasteiger partial charge in [0.1, 0.15) is 23.9 Å². The summed E-state index contributed by atoms with van der Waals surface area (Å²) >= 11 is 0.914. The van der Waals surface area contributed by atoms with Gasteiger partial charge in [0.2, 0.25) is 0 Å². The molecule has 1 N–H and O–H groups in total. The summed E-state index contributed by atoms with van der Waals surface area (Å²) < 4.78 is 27.2. The number of carbonyl (C=O) groups is 3. The number of nitrogens with zero attached hydrogens (tertiary/aromatic N) is 2. The van der Waals surface area contributed by atoms with Crippen LogP contribution in [0.5, 0.6) is 23.0 Å². The number of ketones is 1. The number of Topliss-reactive ketones (excluding diaryl/α,β-unsaturated/α-hetero) is 1. The summed E-state index contributed by atoms with van der Waals surface area (Å²) in [6, 6.07) is 8.62. The third kappa shape index (κ3) is 4.60. The number of rotatable bonds is 7. The third-order valence-electron chi connectivity index (χ3n) is 6.43. The van der Waals surface area contributed by atoms with Crippen molar-refractivity contribution < 1.29 is 43.2 Å². The molecule has 1 amide bonds. The molecule has 1 atom stereocenters. The maximum Gasteiger partial charge on any atom is 0.350 e. The zero-order chi connectivity index (χ0) is 28.6. The molecular weight excluding hydrogens is 540 g/mol. The van der Waals surface area contributed by atoms with E-state index >= 15 is 0 Å². The molecule has 1 saturated heterocycles. The van der Waals surface area contributed by atoms with Crippen LogP contribution in [0.1, 0.15) is 39.5 Å². The normalized spacial score (nSPS) is 17.6. The Bertz CT molecular complexity index is 1540. The van der Waals surface area contributed by atoms with Crippen LogP contribution in [0.3, 0.4) is 0 Å². The van der Waals surface area contributed by atoms with Gasteiger partial charge in [0, 0.05) is 5.56 Å². The fourth-order valence-electron chi connectivity index (χ4n) is 4.59. The van der Waals surface area contributed by atoms with Gasteiger partial charge in [-0.25, -0.2) is 9.78 Å². The maximum atomic E-state index is 13.5. The number of benzene rings is 2. The van der Waals surface area contributed by atoms with Crippen LogP contribution in [0, 0.1) is 6.92 Å². The highest BCUT2D eigenvalue weighted by atomic mass is 32.1. The number of ether oxygens (including phenoxy) is 5. The van der Waals surface area contributed by atoms with Crippen molar-refractivity contribution in [1.82, 2.24) is 4.98 Å². The lowest BCUT2D eigenvalue weighted by atomic mass is 9.95. The quantitative estimate of drug-likeness (QED) is 0.193. The summed E-state index contributed by atoms with van der Waals surface area (Å²) in [5.74, 6) is -1.11. The molecule has 40 heavy (non-hydrogen) atoms. The minimum atomic E-state index is -1.10. The Morgan fingerprint density at radius 2 is 1.85 bits per heavy atom. The monoisotopic (exact) mass is 566 g/mol. The van der Waals surface area contributed by atoms with Crippen molar-refractivity contribution in [2.24, 2.45) is 0 Å². The Labute approximate surface area is 233 Å². The molecule has 2 aliphatic rings. The molecule has 0 radical (unpaired) electrons. The van der Waals surface area contributed by atoms with Crippen molar-refractivity contribution in [3.8, 4) is 23.0 Å². The molecule has 2 aromatic carbocycles. The molecule has 0 bridgehead atoms. The second-order valence-corrected chi connectivity index (χ2v) is 9.75. The average Bonchev–Trinajstić information content (AvgIpc) is 3.48. The zero-order valence-corrected chi connectivity index (χ0v) is 23.0. The van der Waals surface area contributed by atoms with Gasteiger partial charge >= 0.3 is 11.9 Å². The van der Waals surface area contributed by atoms with E-state index in [0.717, 1.165) is 11.3 Å². The summed E-state index contributed by atoms with van der Waals surface area (Å²) in [7, 11) is 2.72. The van der Waals surface area contributed by atoms with Crippen LogP contribution in [-0.2, 0) is 14.3 Å². The number of carbonyl (C=O) groups excluding carboxylic acids is 3. The third-order valence-corrected chi connectivity index (χ3v) is 7.56. The number of aliphatic hydroxyl groups excluding tert-OH is 1. The number of hydrogen-bond donors (Lipinski definition) is 1. The highest BCUT2D eigenvalue weighted by Crippen LogP contribution is 2.46. The molecule has 3 aromatic rings. The predicted octanol–water partition coefficient (Wildman–Crippen LogP) is 4.04. The molecule has 11 nitrogen and oxygen atoms in total. The van der Waals surface area contributed by atoms with E-state index in [0.29, 0.717) is 54.1 Å². The topological polar surface area (TPSA) is 134 Å². The van der Waals surface area contributed by atoms with Crippen molar-refractivity contribution >= 4 is 39.9 Å². The second kappa shape index (κ2) is 10.9. The lowest BCUT2D eigenvalue weighted by molar-refractivity contribution is -0.132. The van der Waals surface area contributed by atoms with Crippen molar-refractivity contribution in [3.05, 3.63) is 63.7 Å². The Morgan fingerprint density at radius 3 is 2.55 bits per heavy atom. The van der Waals surface area contributed by atoms with E-state index in [9.17, 15) is 19.5 Å². The highest BCUT2D eigenvalue weighted by Gasteiger charge is 2.48. The number of methoxy groups -OCH3 is 2. The minimum absolute atomic E-state index is 0.0964. The SMILES string of the molecule is CCOc1ccc(C2C(=C(O)c3ccc4c(c3)OCCO4)C(=O)C(=O)N2c2nc(C)c(C(=O)OC)s2)cc1OC. The Balaban J connectivity index is 1.71. The van der Waals surface area contributed by atoms with Gasteiger partial charge in [-0.2, -0.15) is 0 Å². The molecular formula is C28H26N2O9S. The molecule has 2 aliphatic heterocycles. The number of amides is 1. The Hall–Kier alpha value is -4.58. The van der Waals surface area contributed by atoms with Crippen LogP contribution in [0.15, 0.2) is 42.0 Å². The van der Waals surface area contributed by atoms with E-state index < -0.39 is 29.5 Å². The molecule has 0 saturated carbocycles. The van der Waals surface area contributed by atoms with E-state index in [2.05, 4.69) is 4.98 Å². The molecule has 12 heteroatoms. The van der Waals surface area contributed by atoms with Gasteiger partial charge in [-0.05, 0) is 49.7 Å². The lowest BCUT2D eigenvalue weighted by Gasteiger charge is -2.24. The molecule has 0 aliphatic carbocycles. The highest BCUT2D eigenvalue weighted by molar-refractivity contribution is 7.17. The predicted molar refractivity (Wildman–Crippen MR) is 145 cm³/mol. The molecule has 1 fully saturated rings. The van der Waals surface area contributed by atoms with Gasteiger partial charge in [-0.3, -0.25) is 14.5 Å². The van der Waals surface area contributed by atoms with Crippen molar-refractivity contribution in [2.45, 2.75) is 19.9 Å². The fourth-order valence-corrected chi connectivity index (χ4v) is 5.60. The van der Waals surface area contributed by atoms with Gasteiger partial charge in [0.25, 0.3) is 5.78 Å². The van der Waals surface area contributed by atoms with Crippen LogP contribution in [-0.4, -0.2) is 61.8 Å². The number of fused-ring (bicyclic) bond motifs is 1. The summed E-state index contributed by atoms with van der Waals surface area (Å²) in [6.07, 6.45) is 0. The summed E-state index contributed by atoms with van der Waals surface area (Å²) in [6.45, 7) is 4.56. The second-order valence-electron chi connectivity index (χ2n) is 8.77. The number of esters is 1. The number of anilines is 1. The molecule has 0 spiro atoms. The first-order valence-electron chi connectivity index (χ1n) is 12.4. The first-order valence-corrected chi connectivity index (χ1v) is 13.2. The Kier molecular flexibility index (Phi) is 7.35.